The van der Waals surface area contributed by atoms with Gasteiger partial charge in [-0.25, -0.2) is 14.4 Å². The third kappa shape index (κ3) is 3.63. The molecular weight excluding hydrogens is 367 g/mol. The fraction of sp³-hybridized carbons (Fsp3) is 0.389. The lowest BCUT2D eigenvalue weighted by Gasteiger charge is -2.23. The zero-order valence-corrected chi connectivity index (χ0v) is 15.2. The number of ether oxygens (including phenoxy) is 2. The van der Waals surface area contributed by atoms with Crippen LogP contribution in [0.25, 0.3) is 0 Å². The van der Waals surface area contributed by atoms with Gasteiger partial charge in [-0.1, -0.05) is 0 Å². The molecule has 0 aromatic carbocycles. The van der Waals surface area contributed by atoms with E-state index < -0.39 is 11.7 Å². The summed E-state index contributed by atoms with van der Waals surface area (Å²) in [6, 6.07) is 2.42. The van der Waals surface area contributed by atoms with Crippen LogP contribution in [0.4, 0.5) is 21.7 Å². The number of anilines is 3. The number of primary amides is 1. The molecule has 0 saturated heterocycles. The van der Waals surface area contributed by atoms with Crippen molar-refractivity contribution < 1.29 is 18.7 Å². The zero-order valence-electron chi connectivity index (χ0n) is 15.2. The average molecular weight is 388 g/mol. The summed E-state index contributed by atoms with van der Waals surface area (Å²) in [5, 5.41) is 6.03. The number of pyridine rings is 2. The molecule has 9 nitrogen and oxygen atoms in total. The first kappa shape index (κ1) is 18.2. The quantitative estimate of drug-likeness (QED) is 0.563. The van der Waals surface area contributed by atoms with Crippen LogP contribution in [-0.2, 0) is 0 Å². The summed E-state index contributed by atoms with van der Waals surface area (Å²) in [6.07, 6.45) is 3.56. The van der Waals surface area contributed by atoms with Crippen LogP contribution in [-0.4, -0.2) is 34.8 Å². The lowest BCUT2D eigenvalue weighted by Crippen LogP contribution is -2.40. The van der Waals surface area contributed by atoms with Crippen LogP contribution in [0.1, 0.15) is 30.1 Å². The molecule has 0 spiro atoms. The highest BCUT2D eigenvalue weighted by Gasteiger charge is 2.34. The first-order chi connectivity index (χ1) is 13.4. The Kier molecular flexibility index (Phi) is 4.63. The highest BCUT2D eigenvalue weighted by molar-refractivity contribution is 5.98. The standard InChI is InChI=1S/C18H21FN6O3/c1-8(20)14(9-2-3-9)24-17-12(19)5-11(15(21)26)16(25-17)23-10-4-13-18(22-6-10)28-7-27-13/h4-6,8-9,14H,2-3,7,20H2,1H3,(H2,21,26)(H2,23,24,25)/t8-,14-/m0/s1. The largest absolute Gasteiger partial charge is 0.452 e. The predicted molar refractivity (Wildman–Crippen MR) is 100 cm³/mol. The van der Waals surface area contributed by atoms with Crippen molar-refractivity contribution in [3.63, 3.8) is 0 Å². The van der Waals surface area contributed by atoms with Crippen molar-refractivity contribution >= 4 is 23.2 Å². The fourth-order valence-corrected chi connectivity index (χ4v) is 3.16. The van der Waals surface area contributed by atoms with E-state index in [1.165, 1.54) is 6.20 Å². The number of nitrogens with two attached hydrogens (primary N) is 2. The van der Waals surface area contributed by atoms with E-state index in [1.807, 2.05) is 6.92 Å². The van der Waals surface area contributed by atoms with Gasteiger partial charge >= 0.3 is 0 Å². The monoisotopic (exact) mass is 388 g/mol. The summed E-state index contributed by atoms with van der Waals surface area (Å²) in [4.78, 5) is 20.2. The van der Waals surface area contributed by atoms with Crippen molar-refractivity contribution in [2.75, 3.05) is 17.4 Å². The van der Waals surface area contributed by atoms with Crippen LogP contribution in [0.5, 0.6) is 11.6 Å². The number of halogens is 1. The molecule has 148 valence electrons. The molecule has 1 aliphatic heterocycles. The van der Waals surface area contributed by atoms with Gasteiger partial charge in [-0.3, -0.25) is 4.79 Å². The molecule has 1 saturated carbocycles. The molecule has 1 amide bonds. The van der Waals surface area contributed by atoms with Gasteiger partial charge in [0.1, 0.15) is 5.82 Å². The Bertz CT molecular complexity index is 916. The van der Waals surface area contributed by atoms with Crippen LogP contribution in [0, 0.1) is 11.7 Å². The molecule has 4 rings (SSSR count). The lowest BCUT2D eigenvalue weighted by atomic mass is 10.1. The van der Waals surface area contributed by atoms with E-state index in [9.17, 15) is 9.18 Å². The van der Waals surface area contributed by atoms with Crippen LogP contribution < -0.4 is 31.6 Å². The number of amides is 1. The normalized spacial score (nSPS) is 17.1. The Labute approximate surface area is 160 Å². The smallest absolute Gasteiger partial charge is 0.260 e. The maximum absolute atomic E-state index is 14.6. The number of rotatable bonds is 7. The topological polar surface area (TPSA) is 137 Å². The molecule has 2 aromatic heterocycles. The molecule has 0 radical (unpaired) electrons. The molecule has 0 bridgehead atoms. The molecule has 3 heterocycles. The minimum absolute atomic E-state index is 0.00963. The van der Waals surface area contributed by atoms with Crippen molar-refractivity contribution in [2.24, 2.45) is 17.4 Å². The molecule has 0 unspecified atom stereocenters. The second-order valence-electron chi connectivity index (χ2n) is 7.00. The van der Waals surface area contributed by atoms with Crippen LogP contribution in [0.3, 0.4) is 0 Å². The Morgan fingerprint density at radius 1 is 1.32 bits per heavy atom. The number of nitrogens with zero attached hydrogens (tertiary/aromatic N) is 2. The van der Waals surface area contributed by atoms with Gasteiger partial charge in [-0.05, 0) is 31.7 Å². The SMILES string of the molecule is C[C@H](N)[C@H](Nc1nc(Nc2cnc3c(c2)OCO3)c(C(N)=O)cc1F)C1CC1. The number of nitrogens with one attached hydrogen (secondary N) is 2. The molecule has 2 atom stereocenters. The van der Waals surface area contributed by atoms with E-state index in [2.05, 4.69) is 20.6 Å². The van der Waals surface area contributed by atoms with E-state index in [4.69, 9.17) is 20.9 Å². The number of carbonyl (C=O) groups is 1. The van der Waals surface area contributed by atoms with E-state index in [-0.39, 0.29) is 36.1 Å². The van der Waals surface area contributed by atoms with Gasteiger partial charge in [0.15, 0.2) is 17.4 Å². The summed E-state index contributed by atoms with van der Waals surface area (Å²) >= 11 is 0. The lowest BCUT2D eigenvalue weighted by molar-refractivity contribution is 0.100. The van der Waals surface area contributed by atoms with E-state index in [0.29, 0.717) is 23.2 Å². The summed E-state index contributed by atoms with van der Waals surface area (Å²) < 4.78 is 25.0. The number of hydrogen-bond donors (Lipinski definition) is 4. The Hall–Kier alpha value is -3.14. The van der Waals surface area contributed by atoms with Gasteiger partial charge in [0.25, 0.3) is 11.8 Å². The van der Waals surface area contributed by atoms with Gasteiger partial charge in [0.05, 0.1) is 17.4 Å². The number of carbonyl (C=O) groups excluding carboxylic acids is 1. The summed E-state index contributed by atoms with van der Waals surface area (Å²) in [5.74, 6) is -0.149. The second kappa shape index (κ2) is 7.12. The summed E-state index contributed by atoms with van der Waals surface area (Å²) in [6.45, 7) is 1.95. The first-order valence-electron chi connectivity index (χ1n) is 8.97. The Morgan fingerprint density at radius 2 is 2.11 bits per heavy atom. The summed E-state index contributed by atoms with van der Waals surface area (Å²) in [7, 11) is 0. The van der Waals surface area contributed by atoms with Crippen LogP contribution >= 0.6 is 0 Å². The minimum Gasteiger partial charge on any atom is -0.452 e. The summed E-state index contributed by atoms with van der Waals surface area (Å²) in [5.41, 5.74) is 11.8. The molecule has 2 aromatic rings. The van der Waals surface area contributed by atoms with Crippen molar-refractivity contribution in [1.82, 2.24) is 9.97 Å². The Morgan fingerprint density at radius 3 is 2.79 bits per heavy atom. The van der Waals surface area contributed by atoms with E-state index in [1.54, 1.807) is 6.07 Å². The highest BCUT2D eigenvalue weighted by Crippen LogP contribution is 2.36. The van der Waals surface area contributed by atoms with Gasteiger partial charge in [0, 0.05) is 18.2 Å². The number of aromatic nitrogens is 2. The maximum atomic E-state index is 14.6. The third-order valence-corrected chi connectivity index (χ3v) is 4.73. The molecule has 10 heteroatoms. The van der Waals surface area contributed by atoms with Gasteiger partial charge in [-0.2, -0.15) is 0 Å². The average Bonchev–Trinajstić information content (AvgIpc) is 3.37. The van der Waals surface area contributed by atoms with Crippen molar-refractivity contribution in [3.05, 3.63) is 29.7 Å². The Balaban J connectivity index is 1.65. The van der Waals surface area contributed by atoms with Crippen molar-refractivity contribution in [3.8, 4) is 11.6 Å². The number of fused-ring (bicyclic) bond motifs is 1. The fourth-order valence-electron chi connectivity index (χ4n) is 3.16. The van der Waals surface area contributed by atoms with E-state index in [0.717, 1.165) is 18.9 Å². The maximum Gasteiger partial charge on any atom is 0.260 e. The van der Waals surface area contributed by atoms with Gasteiger partial charge in [0.2, 0.25) is 6.79 Å². The van der Waals surface area contributed by atoms with Crippen molar-refractivity contribution in [2.45, 2.75) is 31.8 Å². The van der Waals surface area contributed by atoms with Crippen molar-refractivity contribution in [1.29, 1.82) is 0 Å². The van der Waals surface area contributed by atoms with Crippen LogP contribution in [0.15, 0.2) is 18.3 Å². The third-order valence-electron chi connectivity index (χ3n) is 4.73. The van der Waals surface area contributed by atoms with Gasteiger partial charge < -0.3 is 31.6 Å². The first-order valence-corrected chi connectivity index (χ1v) is 8.97. The molecule has 6 N–H and O–H groups in total. The van der Waals surface area contributed by atoms with Gasteiger partial charge in [-0.15, -0.1) is 0 Å². The molecule has 2 aliphatic rings. The zero-order chi connectivity index (χ0) is 19.8. The molecular formula is C18H21FN6O3. The number of hydrogen-bond acceptors (Lipinski definition) is 8. The van der Waals surface area contributed by atoms with E-state index >= 15 is 0 Å². The highest BCUT2D eigenvalue weighted by atomic mass is 19.1. The van der Waals surface area contributed by atoms with Crippen LogP contribution in [0.2, 0.25) is 0 Å². The predicted octanol–water partition coefficient (Wildman–Crippen LogP) is 1.72. The minimum atomic E-state index is -0.805. The molecule has 28 heavy (non-hydrogen) atoms. The molecule has 1 fully saturated rings. The molecule has 1 aliphatic carbocycles. The second-order valence-corrected chi connectivity index (χ2v) is 7.00.